The first-order chi connectivity index (χ1) is 10.0. The fourth-order valence-electron chi connectivity index (χ4n) is 1.96. The van der Waals surface area contributed by atoms with Gasteiger partial charge in [-0.1, -0.05) is 17.7 Å². The molecule has 0 aliphatic carbocycles. The fraction of sp³-hybridized carbons (Fsp3) is 0.188. The summed E-state index contributed by atoms with van der Waals surface area (Å²) in [6.07, 6.45) is 1.48. The molecule has 0 unspecified atom stereocenters. The molecule has 0 amide bonds. The van der Waals surface area contributed by atoms with Crippen LogP contribution in [0.3, 0.4) is 0 Å². The highest BCUT2D eigenvalue weighted by Gasteiger charge is 2.10. The summed E-state index contributed by atoms with van der Waals surface area (Å²) in [6, 6.07) is 8.04. The first kappa shape index (κ1) is 15.2. The summed E-state index contributed by atoms with van der Waals surface area (Å²) in [5, 5.41) is 0.428. The second-order valence-corrected chi connectivity index (χ2v) is 5.00. The lowest BCUT2D eigenvalue weighted by molar-refractivity contribution is 0.303. The second kappa shape index (κ2) is 6.53. The number of nitrogens with zero attached hydrogens (tertiary/aromatic N) is 1. The van der Waals surface area contributed by atoms with Crippen LogP contribution in [-0.4, -0.2) is 6.08 Å². The molecule has 2 aromatic rings. The van der Waals surface area contributed by atoms with Gasteiger partial charge in [-0.25, -0.2) is 9.18 Å². The molecule has 0 fully saturated rings. The average Bonchev–Trinajstić information content (AvgIpc) is 2.44. The molecule has 0 bridgehead atoms. The van der Waals surface area contributed by atoms with E-state index in [1.54, 1.807) is 31.2 Å². The van der Waals surface area contributed by atoms with Crippen molar-refractivity contribution in [3.63, 3.8) is 0 Å². The molecule has 0 atom stereocenters. The number of hydrogen-bond donors (Lipinski definition) is 0. The van der Waals surface area contributed by atoms with E-state index < -0.39 is 0 Å². The third kappa shape index (κ3) is 3.48. The number of hydrogen-bond acceptors (Lipinski definition) is 3. The Morgan fingerprint density at radius 3 is 2.76 bits per heavy atom. The van der Waals surface area contributed by atoms with Crippen LogP contribution in [0.4, 0.5) is 10.1 Å². The van der Waals surface area contributed by atoms with Gasteiger partial charge in [-0.15, -0.1) is 0 Å². The van der Waals surface area contributed by atoms with Crippen molar-refractivity contribution in [1.82, 2.24) is 0 Å². The van der Waals surface area contributed by atoms with Crippen LogP contribution in [0.2, 0.25) is 5.02 Å². The van der Waals surface area contributed by atoms with Gasteiger partial charge >= 0.3 is 0 Å². The summed E-state index contributed by atoms with van der Waals surface area (Å²) in [5.41, 5.74) is 2.33. The molecule has 21 heavy (non-hydrogen) atoms. The van der Waals surface area contributed by atoms with Gasteiger partial charge in [0.15, 0.2) is 0 Å². The second-order valence-electron chi connectivity index (χ2n) is 4.60. The van der Waals surface area contributed by atoms with Gasteiger partial charge < -0.3 is 4.74 Å². The summed E-state index contributed by atoms with van der Waals surface area (Å²) >= 11 is 6.08. The SMILES string of the molecule is Cc1cc(C)c(OCc2c(Cl)cccc2N=C=O)cc1F. The van der Waals surface area contributed by atoms with Gasteiger partial charge in [0.25, 0.3) is 0 Å². The fourth-order valence-corrected chi connectivity index (χ4v) is 2.18. The van der Waals surface area contributed by atoms with Crippen LogP contribution in [-0.2, 0) is 11.4 Å². The molecule has 0 saturated heterocycles. The van der Waals surface area contributed by atoms with Crippen molar-refractivity contribution in [1.29, 1.82) is 0 Å². The number of aryl methyl sites for hydroxylation is 2. The Labute approximate surface area is 127 Å². The van der Waals surface area contributed by atoms with E-state index in [4.69, 9.17) is 16.3 Å². The van der Waals surface area contributed by atoms with Crippen LogP contribution < -0.4 is 4.74 Å². The Balaban J connectivity index is 2.28. The number of halogens is 2. The predicted octanol–water partition coefficient (Wildman–Crippen LogP) is 4.64. The molecular formula is C16H13ClFNO2. The molecule has 0 aliphatic rings. The highest BCUT2D eigenvalue weighted by molar-refractivity contribution is 6.31. The van der Waals surface area contributed by atoms with Gasteiger partial charge in [0.05, 0.1) is 5.69 Å². The van der Waals surface area contributed by atoms with Crippen LogP contribution in [0.1, 0.15) is 16.7 Å². The Morgan fingerprint density at radius 2 is 2.05 bits per heavy atom. The monoisotopic (exact) mass is 305 g/mol. The zero-order chi connectivity index (χ0) is 15.4. The topological polar surface area (TPSA) is 38.7 Å². The van der Waals surface area contributed by atoms with E-state index >= 15 is 0 Å². The molecule has 0 heterocycles. The highest BCUT2D eigenvalue weighted by Crippen LogP contribution is 2.29. The van der Waals surface area contributed by atoms with Gasteiger partial charge in [0.2, 0.25) is 6.08 Å². The van der Waals surface area contributed by atoms with Crippen LogP contribution in [0, 0.1) is 19.7 Å². The average molecular weight is 306 g/mol. The standard InChI is InChI=1S/C16H13ClFNO2/c1-10-6-11(2)16(7-14(10)18)21-8-12-13(17)4-3-5-15(12)19-9-20/h3-7H,8H2,1-2H3. The van der Waals surface area contributed by atoms with E-state index in [1.165, 1.54) is 12.1 Å². The predicted molar refractivity (Wildman–Crippen MR) is 79.4 cm³/mol. The summed E-state index contributed by atoms with van der Waals surface area (Å²) in [5.74, 6) is 0.0972. The van der Waals surface area contributed by atoms with Gasteiger partial charge in [0.1, 0.15) is 18.2 Å². The van der Waals surface area contributed by atoms with Crippen molar-refractivity contribution >= 4 is 23.4 Å². The lowest BCUT2D eigenvalue weighted by Gasteiger charge is -2.12. The smallest absolute Gasteiger partial charge is 0.240 e. The third-order valence-electron chi connectivity index (χ3n) is 3.09. The molecule has 108 valence electrons. The minimum absolute atomic E-state index is 0.0868. The first-order valence-electron chi connectivity index (χ1n) is 6.27. The van der Waals surface area contributed by atoms with Crippen LogP contribution >= 0.6 is 11.6 Å². The Hall–Kier alpha value is -2.16. The summed E-state index contributed by atoms with van der Waals surface area (Å²) < 4.78 is 19.2. The molecule has 5 heteroatoms. The molecule has 2 rings (SSSR count). The quantitative estimate of drug-likeness (QED) is 0.609. The van der Waals surface area contributed by atoms with Crippen molar-refractivity contribution in [2.75, 3.05) is 0 Å². The molecular weight excluding hydrogens is 293 g/mol. The Morgan fingerprint density at radius 1 is 1.29 bits per heavy atom. The maximum absolute atomic E-state index is 13.6. The minimum atomic E-state index is -0.333. The maximum atomic E-state index is 13.6. The van der Waals surface area contributed by atoms with Crippen LogP contribution in [0.5, 0.6) is 5.75 Å². The van der Waals surface area contributed by atoms with E-state index in [0.717, 1.165) is 5.56 Å². The molecule has 0 spiro atoms. The lowest BCUT2D eigenvalue weighted by Crippen LogP contribution is -1.99. The summed E-state index contributed by atoms with van der Waals surface area (Å²) in [6.45, 7) is 3.61. The van der Waals surface area contributed by atoms with Gasteiger partial charge in [-0.05, 0) is 43.2 Å². The van der Waals surface area contributed by atoms with E-state index in [2.05, 4.69) is 4.99 Å². The summed E-state index contributed by atoms with van der Waals surface area (Å²) in [4.78, 5) is 14.0. The number of rotatable bonds is 4. The molecule has 0 N–H and O–H groups in total. The number of benzene rings is 2. The van der Waals surface area contributed by atoms with Crippen LogP contribution in [0.15, 0.2) is 35.3 Å². The van der Waals surface area contributed by atoms with Gasteiger partial charge in [-0.2, -0.15) is 4.99 Å². The number of ether oxygens (including phenoxy) is 1. The maximum Gasteiger partial charge on any atom is 0.240 e. The Kier molecular flexibility index (Phi) is 4.73. The Bertz CT molecular complexity index is 724. The van der Waals surface area contributed by atoms with Crippen molar-refractivity contribution < 1.29 is 13.9 Å². The largest absolute Gasteiger partial charge is 0.488 e. The van der Waals surface area contributed by atoms with E-state index in [9.17, 15) is 9.18 Å². The van der Waals surface area contributed by atoms with Crippen LogP contribution in [0.25, 0.3) is 0 Å². The lowest BCUT2D eigenvalue weighted by atomic mass is 10.1. The number of carbonyl (C=O) groups excluding carboxylic acids is 1. The van der Waals surface area contributed by atoms with Crippen molar-refractivity contribution in [3.8, 4) is 5.75 Å². The number of isocyanates is 1. The molecule has 0 aliphatic heterocycles. The van der Waals surface area contributed by atoms with E-state index in [1.807, 2.05) is 6.92 Å². The zero-order valence-corrected chi connectivity index (χ0v) is 12.4. The van der Waals surface area contributed by atoms with E-state index in [-0.39, 0.29) is 12.4 Å². The normalized spacial score (nSPS) is 10.1. The van der Waals surface area contributed by atoms with Crippen molar-refractivity contribution in [2.24, 2.45) is 4.99 Å². The zero-order valence-electron chi connectivity index (χ0n) is 11.6. The van der Waals surface area contributed by atoms with Gasteiger partial charge in [0, 0.05) is 16.7 Å². The third-order valence-corrected chi connectivity index (χ3v) is 3.44. The van der Waals surface area contributed by atoms with E-state index in [0.29, 0.717) is 27.6 Å². The number of aliphatic imine (C=N–C) groups is 1. The molecule has 0 aromatic heterocycles. The molecule has 3 nitrogen and oxygen atoms in total. The molecule has 0 saturated carbocycles. The van der Waals surface area contributed by atoms with Gasteiger partial charge in [-0.3, -0.25) is 0 Å². The molecule has 0 radical (unpaired) electrons. The van der Waals surface area contributed by atoms with Crippen molar-refractivity contribution in [3.05, 3.63) is 57.9 Å². The van der Waals surface area contributed by atoms with Crippen molar-refractivity contribution in [2.45, 2.75) is 20.5 Å². The summed E-state index contributed by atoms with van der Waals surface area (Å²) in [7, 11) is 0. The minimum Gasteiger partial charge on any atom is -0.488 e. The molecule has 2 aromatic carbocycles. The highest BCUT2D eigenvalue weighted by atomic mass is 35.5. The first-order valence-corrected chi connectivity index (χ1v) is 6.65.